The van der Waals surface area contributed by atoms with Crippen LogP contribution in [-0.2, 0) is 22.6 Å². The third kappa shape index (κ3) is 5.92. The molecule has 0 saturated carbocycles. The summed E-state index contributed by atoms with van der Waals surface area (Å²) in [5, 5.41) is 4.64. The first kappa shape index (κ1) is 21.1. The second-order valence-electron chi connectivity index (χ2n) is 6.62. The van der Waals surface area contributed by atoms with Gasteiger partial charge in [-0.15, -0.1) is 0 Å². The minimum atomic E-state index is -0.239. The zero-order chi connectivity index (χ0) is 20.6. The number of ether oxygens (including phenoxy) is 2. The maximum absolute atomic E-state index is 11.7. The van der Waals surface area contributed by atoms with Gasteiger partial charge in [-0.3, -0.25) is 4.79 Å². The smallest absolute Gasteiger partial charge is 0.325 e. The normalized spacial score (nSPS) is 11.0. The van der Waals surface area contributed by atoms with Gasteiger partial charge in [-0.2, -0.15) is 0 Å². The summed E-state index contributed by atoms with van der Waals surface area (Å²) in [6.45, 7) is 6.42. The van der Waals surface area contributed by atoms with Gasteiger partial charge in [-0.25, -0.2) is 9.97 Å². The van der Waals surface area contributed by atoms with Gasteiger partial charge in [0.25, 0.3) is 0 Å². The lowest BCUT2D eigenvalue weighted by atomic mass is 10.2. The quantitative estimate of drug-likeness (QED) is 0.309. The van der Waals surface area contributed by atoms with Gasteiger partial charge in [0.1, 0.15) is 12.3 Å². The van der Waals surface area contributed by atoms with Crippen LogP contribution in [0.2, 0.25) is 5.28 Å². The fourth-order valence-corrected chi connectivity index (χ4v) is 3.13. The van der Waals surface area contributed by atoms with Crippen molar-refractivity contribution in [3.05, 3.63) is 53.2 Å². The van der Waals surface area contributed by atoms with Crippen molar-refractivity contribution in [3.8, 4) is 5.75 Å². The topological polar surface area (TPSA) is 78.3 Å². The monoisotopic (exact) mass is 416 g/mol. The minimum Gasteiger partial charge on any atom is -0.494 e. The Bertz CT molecular complexity index is 974. The fourth-order valence-electron chi connectivity index (χ4n) is 2.98. The number of carbonyl (C=O) groups excluding carboxylic acids is 1. The Labute approximate surface area is 175 Å². The molecule has 0 spiro atoms. The van der Waals surface area contributed by atoms with Crippen molar-refractivity contribution in [2.24, 2.45) is 0 Å². The number of rotatable bonds is 10. The maximum atomic E-state index is 11.7. The first-order chi connectivity index (χ1) is 14.1. The summed E-state index contributed by atoms with van der Waals surface area (Å²) in [7, 11) is 0. The van der Waals surface area contributed by atoms with Crippen molar-refractivity contribution in [1.29, 1.82) is 0 Å². The zero-order valence-electron chi connectivity index (χ0n) is 16.7. The molecule has 0 saturated heterocycles. The lowest BCUT2D eigenvalue weighted by Crippen LogP contribution is -2.18. The molecular formula is C21H25ClN4O3. The number of nitrogens with zero attached hydrogens (tertiary/aromatic N) is 3. The van der Waals surface area contributed by atoms with Crippen molar-refractivity contribution >= 4 is 28.5 Å². The van der Waals surface area contributed by atoms with Gasteiger partial charge in [-0.1, -0.05) is 0 Å². The molecule has 7 nitrogen and oxygen atoms in total. The Morgan fingerprint density at radius 1 is 1.31 bits per heavy atom. The van der Waals surface area contributed by atoms with Gasteiger partial charge >= 0.3 is 5.97 Å². The van der Waals surface area contributed by atoms with Crippen molar-refractivity contribution in [1.82, 2.24) is 19.9 Å². The summed E-state index contributed by atoms with van der Waals surface area (Å²) in [6.07, 6.45) is 4.47. The molecule has 0 unspecified atom stereocenters. The molecule has 0 radical (unpaired) electrons. The van der Waals surface area contributed by atoms with E-state index in [1.165, 1.54) is 0 Å². The Morgan fingerprint density at radius 3 is 3.00 bits per heavy atom. The third-order valence-electron chi connectivity index (χ3n) is 4.45. The Kier molecular flexibility index (Phi) is 7.43. The van der Waals surface area contributed by atoms with Crippen LogP contribution < -0.4 is 10.1 Å². The van der Waals surface area contributed by atoms with E-state index in [1.54, 1.807) is 13.1 Å². The van der Waals surface area contributed by atoms with E-state index in [4.69, 9.17) is 21.1 Å². The molecule has 3 rings (SSSR count). The first-order valence-electron chi connectivity index (χ1n) is 9.63. The molecule has 0 fully saturated rings. The number of benzene rings is 1. The highest BCUT2D eigenvalue weighted by atomic mass is 35.5. The number of fused-ring (bicyclic) bond motifs is 1. The lowest BCUT2D eigenvalue weighted by Gasteiger charge is -2.09. The molecule has 0 bridgehead atoms. The molecular weight excluding hydrogens is 392 g/mol. The Morgan fingerprint density at radius 2 is 2.17 bits per heavy atom. The number of carbonyl (C=O) groups is 1. The molecule has 2 heterocycles. The number of nitrogens with one attached hydrogen (secondary N) is 1. The summed E-state index contributed by atoms with van der Waals surface area (Å²) in [5.41, 5.74) is 2.90. The van der Waals surface area contributed by atoms with Crippen molar-refractivity contribution < 1.29 is 14.3 Å². The molecule has 1 N–H and O–H groups in total. The van der Waals surface area contributed by atoms with Crippen LogP contribution in [0.3, 0.4) is 0 Å². The summed E-state index contributed by atoms with van der Waals surface area (Å²) < 4.78 is 12.7. The molecule has 0 aliphatic carbocycles. The highest BCUT2D eigenvalue weighted by molar-refractivity contribution is 6.28. The van der Waals surface area contributed by atoms with Crippen molar-refractivity contribution in [3.63, 3.8) is 0 Å². The number of aromatic nitrogens is 3. The van der Waals surface area contributed by atoms with Gasteiger partial charge in [-0.05, 0) is 68.2 Å². The van der Waals surface area contributed by atoms with Gasteiger partial charge < -0.3 is 19.4 Å². The van der Waals surface area contributed by atoms with E-state index >= 15 is 0 Å². The van der Waals surface area contributed by atoms with E-state index < -0.39 is 0 Å². The summed E-state index contributed by atoms with van der Waals surface area (Å²) >= 11 is 5.83. The van der Waals surface area contributed by atoms with Gasteiger partial charge in [0.15, 0.2) is 0 Å². The Hall–Kier alpha value is -2.64. The van der Waals surface area contributed by atoms with E-state index in [9.17, 15) is 4.79 Å². The Balaban J connectivity index is 1.44. The van der Waals surface area contributed by atoms with Gasteiger partial charge in [0.05, 0.1) is 18.9 Å². The van der Waals surface area contributed by atoms with Crippen LogP contribution in [0.5, 0.6) is 5.75 Å². The molecule has 1 aromatic carbocycles. The molecule has 3 aromatic rings. The first-order valence-corrected chi connectivity index (χ1v) is 10.0. The van der Waals surface area contributed by atoms with Crippen LogP contribution in [0.1, 0.15) is 24.6 Å². The molecule has 0 atom stereocenters. The molecule has 154 valence electrons. The molecule has 0 amide bonds. The molecule has 0 aliphatic rings. The van der Waals surface area contributed by atoms with Gasteiger partial charge in [0, 0.05) is 29.8 Å². The molecule has 29 heavy (non-hydrogen) atoms. The van der Waals surface area contributed by atoms with E-state index in [-0.39, 0.29) is 17.8 Å². The van der Waals surface area contributed by atoms with Gasteiger partial charge in [0.2, 0.25) is 5.28 Å². The number of halogens is 1. The van der Waals surface area contributed by atoms with Crippen LogP contribution in [0.15, 0.2) is 36.7 Å². The van der Waals surface area contributed by atoms with Crippen LogP contribution in [0, 0.1) is 6.92 Å². The van der Waals surface area contributed by atoms with Crippen LogP contribution in [0.4, 0.5) is 0 Å². The summed E-state index contributed by atoms with van der Waals surface area (Å²) in [5.74, 6) is 0.571. The van der Waals surface area contributed by atoms with Crippen molar-refractivity contribution in [2.45, 2.75) is 33.4 Å². The second-order valence-corrected chi connectivity index (χ2v) is 6.95. The largest absolute Gasteiger partial charge is 0.494 e. The van der Waals surface area contributed by atoms with Crippen LogP contribution >= 0.6 is 11.6 Å². The minimum absolute atomic E-state index is 0.209. The van der Waals surface area contributed by atoms with E-state index in [0.29, 0.717) is 19.8 Å². The predicted molar refractivity (Wildman–Crippen MR) is 112 cm³/mol. The predicted octanol–water partition coefficient (Wildman–Crippen LogP) is 3.51. The molecule has 2 aromatic heterocycles. The van der Waals surface area contributed by atoms with E-state index in [2.05, 4.69) is 15.3 Å². The third-order valence-corrected chi connectivity index (χ3v) is 4.64. The lowest BCUT2D eigenvalue weighted by molar-refractivity contribution is -0.143. The average molecular weight is 417 g/mol. The summed E-state index contributed by atoms with van der Waals surface area (Å²) in [6, 6.07) is 7.84. The van der Waals surface area contributed by atoms with E-state index in [1.807, 2.05) is 42.0 Å². The number of hydrogen-bond donors (Lipinski definition) is 1. The number of esters is 1. The fraction of sp³-hybridized carbons (Fsp3) is 0.381. The van der Waals surface area contributed by atoms with E-state index in [0.717, 1.165) is 40.9 Å². The molecule has 8 heteroatoms. The maximum Gasteiger partial charge on any atom is 0.325 e. The second kappa shape index (κ2) is 10.2. The van der Waals surface area contributed by atoms with Crippen molar-refractivity contribution in [2.75, 3.05) is 19.8 Å². The zero-order valence-corrected chi connectivity index (χ0v) is 17.4. The number of aryl methyl sites for hydroxylation is 1. The SMILES string of the molecule is CCOC(=O)Cn1ccc2cc(OCCCNCc3nc(Cl)ncc3C)ccc21. The highest BCUT2D eigenvalue weighted by Crippen LogP contribution is 2.22. The standard InChI is InChI=1S/C21H25ClN4O3/c1-3-28-20(27)14-26-9-7-16-11-17(5-6-19(16)26)29-10-4-8-23-13-18-15(2)12-24-21(22)25-18/h5-7,9,11-12,23H,3-4,8,10,13-14H2,1-2H3. The molecule has 0 aliphatic heterocycles. The average Bonchev–Trinajstić information content (AvgIpc) is 3.09. The van der Waals surface area contributed by atoms with Crippen LogP contribution in [-0.4, -0.2) is 40.3 Å². The highest BCUT2D eigenvalue weighted by Gasteiger charge is 2.08. The van der Waals surface area contributed by atoms with Crippen LogP contribution in [0.25, 0.3) is 10.9 Å². The summed E-state index contributed by atoms with van der Waals surface area (Å²) in [4.78, 5) is 19.9. The number of hydrogen-bond acceptors (Lipinski definition) is 6.